The Bertz CT molecular complexity index is 503. The average Bonchev–Trinajstić information content (AvgIpc) is 2.80. The van der Waals surface area contributed by atoms with Crippen LogP contribution in [0.1, 0.15) is 56.6 Å². The molecule has 0 radical (unpaired) electrons. The second-order valence-electron chi connectivity index (χ2n) is 6.88. The number of halogens is 1. The molecule has 1 amide bonds. The molecule has 3 atom stereocenters. The van der Waals surface area contributed by atoms with Crippen molar-refractivity contribution in [1.29, 1.82) is 0 Å². The van der Waals surface area contributed by atoms with Gasteiger partial charge in [-0.15, -0.1) is 12.4 Å². The highest BCUT2D eigenvalue weighted by atomic mass is 35.5. The first-order valence-electron chi connectivity index (χ1n) is 8.79. The zero-order chi connectivity index (χ0) is 15.5. The summed E-state index contributed by atoms with van der Waals surface area (Å²) in [6.45, 7) is 6.38. The first kappa shape index (κ1) is 18.3. The number of benzene rings is 1. The van der Waals surface area contributed by atoms with Crippen LogP contribution < -0.4 is 5.32 Å². The van der Waals surface area contributed by atoms with Crippen LogP contribution in [0.2, 0.25) is 0 Å². The van der Waals surface area contributed by atoms with Crippen molar-refractivity contribution in [2.45, 2.75) is 64.0 Å². The van der Waals surface area contributed by atoms with Crippen molar-refractivity contribution in [2.75, 3.05) is 13.1 Å². The van der Waals surface area contributed by atoms with E-state index in [0.29, 0.717) is 30.3 Å². The maximum atomic E-state index is 12.8. The van der Waals surface area contributed by atoms with Crippen LogP contribution in [0.15, 0.2) is 24.3 Å². The van der Waals surface area contributed by atoms with Gasteiger partial charge in [0.15, 0.2) is 0 Å². The van der Waals surface area contributed by atoms with Gasteiger partial charge < -0.3 is 10.2 Å². The molecule has 3 rings (SSSR count). The second kappa shape index (κ2) is 8.16. The van der Waals surface area contributed by atoms with E-state index in [-0.39, 0.29) is 12.4 Å². The van der Waals surface area contributed by atoms with E-state index in [2.05, 4.69) is 48.3 Å². The van der Waals surface area contributed by atoms with Gasteiger partial charge in [0, 0.05) is 25.0 Å². The lowest BCUT2D eigenvalue weighted by molar-refractivity contribution is -0.134. The van der Waals surface area contributed by atoms with Gasteiger partial charge in [-0.3, -0.25) is 4.79 Å². The van der Waals surface area contributed by atoms with E-state index in [0.717, 1.165) is 25.9 Å². The molecule has 1 aromatic carbocycles. The van der Waals surface area contributed by atoms with E-state index in [4.69, 9.17) is 0 Å². The van der Waals surface area contributed by atoms with Crippen molar-refractivity contribution in [3.05, 3.63) is 35.4 Å². The number of aryl methyl sites for hydroxylation is 1. The molecule has 2 heterocycles. The van der Waals surface area contributed by atoms with Crippen LogP contribution in [0.3, 0.4) is 0 Å². The quantitative estimate of drug-likeness (QED) is 0.912. The van der Waals surface area contributed by atoms with Crippen molar-refractivity contribution >= 4 is 18.3 Å². The van der Waals surface area contributed by atoms with Crippen LogP contribution in [-0.4, -0.2) is 36.0 Å². The van der Waals surface area contributed by atoms with Crippen molar-refractivity contribution in [3.63, 3.8) is 0 Å². The molecular weight excluding hydrogens is 308 g/mol. The lowest BCUT2D eigenvalue weighted by Gasteiger charge is -2.29. The maximum Gasteiger partial charge on any atom is 0.223 e. The molecule has 2 bridgehead atoms. The zero-order valence-electron chi connectivity index (χ0n) is 14.3. The summed E-state index contributed by atoms with van der Waals surface area (Å²) in [5.74, 6) is 0.650. The Balaban J connectivity index is 0.00000192. The van der Waals surface area contributed by atoms with Gasteiger partial charge in [-0.2, -0.15) is 0 Å². The molecule has 23 heavy (non-hydrogen) atoms. The van der Waals surface area contributed by atoms with E-state index in [1.165, 1.54) is 24.0 Å². The summed E-state index contributed by atoms with van der Waals surface area (Å²) in [4.78, 5) is 15.0. The number of amides is 1. The molecular formula is C19H29ClN2O. The summed E-state index contributed by atoms with van der Waals surface area (Å²) in [5, 5.41) is 3.47. The van der Waals surface area contributed by atoms with Crippen molar-refractivity contribution in [3.8, 4) is 0 Å². The summed E-state index contributed by atoms with van der Waals surface area (Å²) in [6, 6.07) is 9.66. The van der Waals surface area contributed by atoms with E-state index >= 15 is 0 Å². The number of carbonyl (C=O) groups excluding carboxylic acids is 1. The summed E-state index contributed by atoms with van der Waals surface area (Å²) in [7, 11) is 0. The van der Waals surface area contributed by atoms with E-state index in [1.807, 2.05) is 0 Å². The molecule has 2 saturated heterocycles. The van der Waals surface area contributed by atoms with E-state index < -0.39 is 0 Å². The summed E-state index contributed by atoms with van der Waals surface area (Å²) in [6.07, 6.45) is 5.18. The first-order chi connectivity index (χ1) is 10.7. The third-order valence-corrected chi connectivity index (χ3v) is 5.38. The van der Waals surface area contributed by atoms with Gasteiger partial charge in [0.25, 0.3) is 0 Å². The Kier molecular flexibility index (Phi) is 6.49. The lowest BCUT2D eigenvalue weighted by Crippen LogP contribution is -2.42. The predicted octanol–water partition coefficient (Wildman–Crippen LogP) is 3.52. The Morgan fingerprint density at radius 3 is 2.61 bits per heavy atom. The first-order valence-corrected chi connectivity index (χ1v) is 8.79. The average molecular weight is 337 g/mol. The van der Waals surface area contributed by atoms with Gasteiger partial charge in [0.2, 0.25) is 5.91 Å². The molecule has 1 N–H and O–H groups in total. The standard InChI is InChI=1S/C19H28N2O.ClH/c1-3-15-4-6-16(7-5-15)14(2)12-19(22)21-17-8-9-18(21)13-20-11-10-17;/h4-7,14,17-18,20H,3,8-13H2,1-2H3;1H. The van der Waals surface area contributed by atoms with Crippen LogP contribution in [0, 0.1) is 0 Å². The minimum Gasteiger partial charge on any atom is -0.335 e. The highest BCUT2D eigenvalue weighted by molar-refractivity contribution is 5.85. The molecule has 0 spiro atoms. The minimum absolute atomic E-state index is 0. The van der Waals surface area contributed by atoms with Gasteiger partial charge in [-0.05, 0) is 49.3 Å². The van der Waals surface area contributed by atoms with Crippen LogP contribution in [0.5, 0.6) is 0 Å². The van der Waals surface area contributed by atoms with Gasteiger partial charge in [0.05, 0.1) is 0 Å². The Hall–Kier alpha value is -1.06. The number of rotatable bonds is 4. The second-order valence-corrected chi connectivity index (χ2v) is 6.88. The lowest BCUT2D eigenvalue weighted by atomic mass is 9.95. The molecule has 3 nitrogen and oxygen atoms in total. The van der Waals surface area contributed by atoms with Crippen LogP contribution in [0.4, 0.5) is 0 Å². The van der Waals surface area contributed by atoms with Crippen molar-refractivity contribution in [2.24, 2.45) is 0 Å². The Morgan fingerprint density at radius 2 is 1.91 bits per heavy atom. The molecule has 0 saturated carbocycles. The molecule has 128 valence electrons. The summed E-state index contributed by atoms with van der Waals surface area (Å²) < 4.78 is 0. The number of nitrogens with zero attached hydrogens (tertiary/aromatic N) is 1. The van der Waals surface area contributed by atoms with Crippen LogP contribution in [-0.2, 0) is 11.2 Å². The van der Waals surface area contributed by atoms with Gasteiger partial charge in [0.1, 0.15) is 0 Å². The monoisotopic (exact) mass is 336 g/mol. The van der Waals surface area contributed by atoms with Crippen molar-refractivity contribution < 1.29 is 4.79 Å². The molecule has 0 aliphatic carbocycles. The van der Waals surface area contributed by atoms with Gasteiger partial charge in [-0.1, -0.05) is 38.1 Å². The van der Waals surface area contributed by atoms with Crippen molar-refractivity contribution in [1.82, 2.24) is 10.2 Å². The van der Waals surface area contributed by atoms with E-state index in [1.54, 1.807) is 0 Å². The number of fused-ring (bicyclic) bond motifs is 2. The molecule has 2 aliphatic heterocycles. The smallest absolute Gasteiger partial charge is 0.223 e. The molecule has 2 fully saturated rings. The summed E-state index contributed by atoms with van der Waals surface area (Å²) in [5.41, 5.74) is 2.64. The number of hydrogen-bond acceptors (Lipinski definition) is 2. The summed E-state index contributed by atoms with van der Waals surface area (Å²) >= 11 is 0. The zero-order valence-corrected chi connectivity index (χ0v) is 15.1. The molecule has 3 unspecified atom stereocenters. The Morgan fingerprint density at radius 1 is 1.22 bits per heavy atom. The largest absolute Gasteiger partial charge is 0.335 e. The predicted molar refractivity (Wildman–Crippen MR) is 97.2 cm³/mol. The number of hydrogen-bond donors (Lipinski definition) is 1. The van der Waals surface area contributed by atoms with Gasteiger partial charge in [-0.25, -0.2) is 0 Å². The SMILES string of the molecule is CCc1ccc(C(C)CC(=O)N2C3CCNCC2CC3)cc1.Cl. The molecule has 0 aromatic heterocycles. The normalized spacial score (nSPS) is 24.7. The number of carbonyl (C=O) groups is 1. The highest BCUT2D eigenvalue weighted by Crippen LogP contribution is 2.30. The Labute approximate surface area is 146 Å². The third kappa shape index (κ3) is 4.07. The molecule has 2 aliphatic rings. The van der Waals surface area contributed by atoms with Crippen LogP contribution in [0.25, 0.3) is 0 Å². The third-order valence-electron chi connectivity index (χ3n) is 5.38. The molecule has 1 aromatic rings. The fraction of sp³-hybridized carbons (Fsp3) is 0.632. The van der Waals surface area contributed by atoms with Crippen LogP contribution >= 0.6 is 12.4 Å². The maximum absolute atomic E-state index is 12.8. The fourth-order valence-corrected chi connectivity index (χ4v) is 3.96. The molecule has 4 heteroatoms. The minimum atomic E-state index is 0. The van der Waals surface area contributed by atoms with E-state index in [9.17, 15) is 4.79 Å². The van der Waals surface area contributed by atoms with Gasteiger partial charge >= 0.3 is 0 Å². The highest BCUT2D eigenvalue weighted by Gasteiger charge is 2.38. The topological polar surface area (TPSA) is 32.3 Å². The number of nitrogens with one attached hydrogen (secondary N) is 1. The fourth-order valence-electron chi connectivity index (χ4n) is 3.96.